The molecule has 3 amide bonds. The highest BCUT2D eigenvalue weighted by molar-refractivity contribution is 7.09. The highest BCUT2D eigenvalue weighted by Gasteiger charge is 2.30. The Balaban J connectivity index is 1.28. The predicted octanol–water partition coefficient (Wildman–Crippen LogP) is 3.51. The van der Waals surface area contributed by atoms with Gasteiger partial charge in [0.05, 0.1) is 17.7 Å². The van der Waals surface area contributed by atoms with E-state index in [2.05, 4.69) is 15.8 Å². The number of benzene rings is 1. The molecule has 8 nitrogen and oxygen atoms in total. The number of piperidine rings is 1. The van der Waals surface area contributed by atoms with Crippen LogP contribution in [-0.2, 0) is 4.79 Å². The van der Waals surface area contributed by atoms with E-state index in [0.717, 1.165) is 56.6 Å². The van der Waals surface area contributed by atoms with Crippen LogP contribution in [0.5, 0.6) is 5.75 Å². The summed E-state index contributed by atoms with van der Waals surface area (Å²) in [6.07, 6.45) is 7.34. The molecule has 1 aromatic carbocycles. The van der Waals surface area contributed by atoms with Gasteiger partial charge in [0.1, 0.15) is 11.4 Å². The van der Waals surface area contributed by atoms with E-state index in [1.807, 2.05) is 4.90 Å². The summed E-state index contributed by atoms with van der Waals surface area (Å²) in [6.45, 7) is 1.49. The molecule has 1 aliphatic heterocycles. The Bertz CT molecular complexity index is 994. The van der Waals surface area contributed by atoms with Crippen LogP contribution in [-0.4, -0.2) is 47.8 Å². The molecule has 0 radical (unpaired) electrons. The van der Waals surface area contributed by atoms with E-state index in [1.165, 1.54) is 24.9 Å². The SMILES string of the molecule is COc1ccccc1C(=O)NNC(=O)c1csc(C2CCN(C(=O)C3CCCCC3)CC2)n1. The summed E-state index contributed by atoms with van der Waals surface area (Å²) in [7, 11) is 1.48. The summed E-state index contributed by atoms with van der Waals surface area (Å²) in [5.74, 6) is 0.259. The number of aromatic nitrogens is 1. The molecule has 1 saturated carbocycles. The van der Waals surface area contributed by atoms with E-state index in [1.54, 1.807) is 29.6 Å². The molecule has 33 heavy (non-hydrogen) atoms. The van der Waals surface area contributed by atoms with Crippen molar-refractivity contribution < 1.29 is 19.1 Å². The molecular formula is C24H30N4O4S. The molecule has 2 fully saturated rings. The number of rotatable bonds is 5. The van der Waals surface area contributed by atoms with Crippen LogP contribution in [0.15, 0.2) is 29.6 Å². The van der Waals surface area contributed by atoms with Crippen LogP contribution in [0.25, 0.3) is 0 Å². The zero-order chi connectivity index (χ0) is 23.2. The molecule has 0 atom stereocenters. The average molecular weight is 471 g/mol. The van der Waals surface area contributed by atoms with Gasteiger partial charge in [-0.05, 0) is 37.8 Å². The molecule has 9 heteroatoms. The Hall–Kier alpha value is -2.94. The number of para-hydroxylation sites is 1. The zero-order valence-electron chi connectivity index (χ0n) is 18.8. The monoisotopic (exact) mass is 470 g/mol. The standard InChI is InChI=1S/C24H30N4O4S/c1-32-20-10-6-5-9-18(20)21(29)26-27-22(30)19-15-33-23(25-19)16-11-13-28(14-12-16)24(31)17-7-3-2-4-8-17/h5-6,9-10,15-17H,2-4,7-8,11-14H2,1H3,(H,26,29)(H,27,30). The van der Waals surface area contributed by atoms with Crippen LogP contribution < -0.4 is 15.6 Å². The number of hydrogen-bond acceptors (Lipinski definition) is 6. The van der Waals surface area contributed by atoms with Crippen molar-refractivity contribution in [1.29, 1.82) is 0 Å². The normalized spacial score (nSPS) is 17.4. The minimum atomic E-state index is -0.467. The number of likely N-dealkylation sites (tertiary alicyclic amines) is 1. The number of carbonyl (C=O) groups is 3. The van der Waals surface area contributed by atoms with Gasteiger partial charge < -0.3 is 9.64 Å². The van der Waals surface area contributed by atoms with Gasteiger partial charge in [-0.1, -0.05) is 31.4 Å². The van der Waals surface area contributed by atoms with Crippen molar-refractivity contribution in [2.45, 2.75) is 50.9 Å². The van der Waals surface area contributed by atoms with Gasteiger partial charge in [-0.2, -0.15) is 0 Å². The first-order valence-electron chi connectivity index (χ1n) is 11.5. The van der Waals surface area contributed by atoms with Gasteiger partial charge in [0.2, 0.25) is 5.91 Å². The number of nitrogens with one attached hydrogen (secondary N) is 2. The molecule has 1 aromatic heterocycles. The van der Waals surface area contributed by atoms with Crippen LogP contribution in [0.2, 0.25) is 0 Å². The maximum Gasteiger partial charge on any atom is 0.289 e. The van der Waals surface area contributed by atoms with Gasteiger partial charge in [0.15, 0.2) is 0 Å². The topological polar surface area (TPSA) is 101 Å². The summed E-state index contributed by atoms with van der Waals surface area (Å²) in [5, 5.41) is 2.61. The number of ether oxygens (including phenoxy) is 1. The minimum Gasteiger partial charge on any atom is -0.496 e. The van der Waals surface area contributed by atoms with Crippen molar-refractivity contribution in [1.82, 2.24) is 20.7 Å². The summed E-state index contributed by atoms with van der Waals surface area (Å²) < 4.78 is 5.18. The largest absolute Gasteiger partial charge is 0.496 e. The predicted molar refractivity (Wildman–Crippen MR) is 125 cm³/mol. The molecule has 4 rings (SSSR count). The molecular weight excluding hydrogens is 440 g/mol. The van der Waals surface area contributed by atoms with Crippen LogP contribution in [0.1, 0.15) is 76.7 Å². The van der Waals surface area contributed by atoms with Gasteiger partial charge in [0, 0.05) is 30.3 Å². The third kappa shape index (κ3) is 5.52. The number of nitrogens with zero attached hydrogens (tertiary/aromatic N) is 2. The van der Waals surface area contributed by atoms with E-state index in [9.17, 15) is 14.4 Å². The minimum absolute atomic E-state index is 0.205. The van der Waals surface area contributed by atoms with Crippen molar-refractivity contribution in [3.63, 3.8) is 0 Å². The molecule has 1 aliphatic carbocycles. The third-order valence-corrected chi connectivity index (χ3v) is 7.51. The summed E-state index contributed by atoms with van der Waals surface area (Å²) in [4.78, 5) is 44.1. The second kappa shape index (κ2) is 10.8. The maximum absolute atomic E-state index is 12.8. The van der Waals surface area contributed by atoms with Crippen molar-refractivity contribution in [3.8, 4) is 5.75 Å². The number of thiazole rings is 1. The van der Waals surface area contributed by atoms with Crippen LogP contribution in [0.3, 0.4) is 0 Å². The Morgan fingerprint density at radius 1 is 1.00 bits per heavy atom. The lowest BCUT2D eigenvalue weighted by Crippen LogP contribution is -2.42. The smallest absolute Gasteiger partial charge is 0.289 e. The number of amides is 3. The summed E-state index contributed by atoms with van der Waals surface area (Å²) in [5.41, 5.74) is 5.43. The lowest BCUT2D eigenvalue weighted by molar-refractivity contribution is -0.137. The van der Waals surface area contributed by atoms with E-state index in [0.29, 0.717) is 17.2 Å². The van der Waals surface area contributed by atoms with Crippen molar-refractivity contribution >= 4 is 29.1 Å². The fraction of sp³-hybridized carbons (Fsp3) is 0.500. The van der Waals surface area contributed by atoms with Gasteiger partial charge in [-0.15, -0.1) is 11.3 Å². The fourth-order valence-electron chi connectivity index (χ4n) is 4.61. The van der Waals surface area contributed by atoms with Gasteiger partial charge >= 0.3 is 0 Å². The van der Waals surface area contributed by atoms with E-state index in [4.69, 9.17) is 4.74 Å². The first-order valence-corrected chi connectivity index (χ1v) is 12.4. The molecule has 1 saturated heterocycles. The number of carbonyl (C=O) groups excluding carboxylic acids is 3. The van der Waals surface area contributed by atoms with E-state index in [-0.39, 0.29) is 17.5 Å². The van der Waals surface area contributed by atoms with Crippen LogP contribution in [0.4, 0.5) is 0 Å². The Morgan fingerprint density at radius 3 is 2.42 bits per heavy atom. The zero-order valence-corrected chi connectivity index (χ0v) is 19.7. The Morgan fingerprint density at radius 2 is 1.70 bits per heavy atom. The summed E-state index contributed by atoms with van der Waals surface area (Å²) >= 11 is 1.45. The molecule has 0 unspecified atom stereocenters. The Kier molecular flexibility index (Phi) is 7.59. The van der Waals surface area contributed by atoms with Gasteiger partial charge in [-0.25, -0.2) is 4.98 Å². The van der Waals surface area contributed by atoms with Gasteiger partial charge in [-0.3, -0.25) is 25.2 Å². The van der Waals surface area contributed by atoms with Crippen molar-refractivity contribution in [2.24, 2.45) is 5.92 Å². The molecule has 2 N–H and O–H groups in total. The second-order valence-corrected chi connectivity index (χ2v) is 9.50. The number of methoxy groups -OCH3 is 1. The Labute approximate surface area is 197 Å². The lowest BCUT2D eigenvalue weighted by atomic mass is 9.87. The molecule has 2 heterocycles. The first kappa shape index (κ1) is 23.2. The quantitative estimate of drug-likeness (QED) is 0.652. The molecule has 0 spiro atoms. The average Bonchev–Trinajstić information content (AvgIpc) is 3.38. The summed E-state index contributed by atoms with van der Waals surface area (Å²) in [6, 6.07) is 6.78. The molecule has 0 bridgehead atoms. The van der Waals surface area contributed by atoms with Gasteiger partial charge in [0.25, 0.3) is 11.8 Å². The molecule has 2 aromatic rings. The highest BCUT2D eigenvalue weighted by Crippen LogP contribution is 2.32. The van der Waals surface area contributed by atoms with E-state index < -0.39 is 11.8 Å². The fourth-order valence-corrected chi connectivity index (χ4v) is 5.58. The molecule has 2 aliphatic rings. The first-order chi connectivity index (χ1) is 16.1. The molecule has 176 valence electrons. The van der Waals surface area contributed by atoms with Crippen molar-refractivity contribution in [2.75, 3.05) is 20.2 Å². The van der Waals surface area contributed by atoms with Crippen LogP contribution >= 0.6 is 11.3 Å². The second-order valence-electron chi connectivity index (χ2n) is 8.61. The van der Waals surface area contributed by atoms with Crippen LogP contribution in [0, 0.1) is 5.92 Å². The third-order valence-electron chi connectivity index (χ3n) is 6.51. The van der Waals surface area contributed by atoms with Crippen molar-refractivity contribution in [3.05, 3.63) is 45.9 Å². The highest BCUT2D eigenvalue weighted by atomic mass is 32.1. The number of hydrazine groups is 1. The van der Waals surface area contributed by atoms with E-state index >= 15 is 0 Å². The maximum atomic E-state index is 12.8. The number of hydrogen-bond donors (Lipinski definition) is 2. The lowest BCUT2D eigenvalue weighted by Gasteiger charge is -2.34.